The van der Waals surface area contributed by atoms with Gasteiger partial charge in [0.05, 0.1) is 30.5 Å². The molecule has 2 heterocycles. The summed E-state index contributed by atoms with van der Waals surface area (Å²) in [7, 11) is 5.54. The summed E-state index contributed by atoms with van der Waals surface area (Å²) in [6, 6.07) is 0.113. The van der Waals surface area contributed by atoms with Gasteiger partial charge in [0.15, 0.2) is 0 Å². The highest BCUT2D eigenvalue weighted by Gasteiger charge is 2.92. The summed E-state index contributed by atoms with van der Waals surface area (Å²) in [5.41, 5.74) is -1.44. The first kappa shape index (κ1) is 20.1. The molecule has 0 radical (unpaired) electrons. The number of fused-ring (bicyclic) bond motifs is 1. The molecule has 2 saturated heterocycles. The van der Waals surface area contributed by atoms with Crippen LogP contribution in [0.5, 0.6) is 0 Å². The molecule has 7 bridgehead atoms. The molecular formula is C24H37NO6. The molecule has 7 heteroatoms. The van der Waals surface area contributed by atoms with Gasteiger partial charge in [-0.3, -0.25) is 4.90 Å². The molecule has 7 fully saturated rings. The maximum atomic E-state index is 12.3. The lowest BCUT2D eigenvalue weighted by Crippen LogP contribution is -2.80. The summed E-state index contributed by atoms with van der Waals surface area (Å²) < 4.78 is 32.1. The first-order valence-electron chi connectivity index (χ1n) is 12.3. The second-order valence-electron chi connectivity index (χ2n) is 11.3. The second-order valence-corrected chi connectivity index (χ2v) is 11.3. The number of aliphatic hydroxyl groups excluding tert-OH is 1. The van der Waals surface area contributed by atoms with Gasteiger partial charge in [0.25, 0.3) is 0 Å². The Morgan fingerprint density at radius 2 is 1.90 bits per heavy atom. The highest BCUT2D eigenvalue weighted by Crippen LogP contribution is 2.80. The van der Waals surface area contributed by atoms with Crippen LogP contribution in [0.3, 0.4) is 0 Å². The topological polar surface area (TPSA) is 69.6 Å². The first-order chi connectivity index (χ1) is 15.1. The number of likely N-dealkylation sites (N-methyl/N-ethyl adjacent to an activating group) is 1. The van der Waals surface area contributed by atoms with Gasteiger partial charge < -0.3 is 28.8 Å². The molecular weight excluding hydrogens is 398 g/mol. The maximum Gasteiger partial charge on any atom is 0.148 e. The van der Waals surface area contributed by atoms with Gasteiger partial charge in [0, 0.05) is 57.5 Å². The van der Waals surface area contributed by atoms with Crippen LogP contribution in [0.2, 0.25) is 0 Å². The monoisotopic (exact) mass is 435 g/mol. The van der Waals surface area contributed by atoms with E-state index in [0.717, 1.165) is 38.8 Å². The van der Waals surface area contributed by atoms with E-state index in [1.807, 2.05) is 21.3 Å². The second kappa shape index (κ2) is 6.23. The van der Waals surface area contributed by atoms with Gasteiger partial charge in [0.2, 0.25) is 0 Å². The predicted molar refractivity (Wildman–Crippen MR) is 110 cm³/mol. The highest BCUT2D eigenvalue weighted by atomic mass is 16.7. The number of nitrogens with zero attached hydrogens (tertiary/aromatic N) is 1. The molecule has 5 aliphatic carbocycles. The Kier molecular flexibility index (Phi) is 4.05. The van der Waals surface area contributed by atoms with Crippen molar-refractivity contribution >= 4 is 0 Å². The number of methoxy groups -OCH3 is 3. The molecule has 1 N–H and O–H groups in total. The van der Waals surface area contributed by atoms with E-state index < -0.39 is 17.3 Å². The van der Waals surface area contributed by atoms with Crippen LogP contribution in [0.25, 0.3) is 0 Å². The number of aliphatic hydroxyl groups is 1. The van der Waals surface area contributed by atoms with Crippen molar-refractivity contribution in [2.24, 2.45) is 35.0 Å². The van der Waals surface area contributed by atoms with Crippen molar-refractivity contribution in [3.63, 3.8) is 0 Å². The van der Waals surface area contributed by atoms with Crippen molar-refractivity contribution in [1.82, 2.24) is 4.90 Å². The van der Waals surface area contributed by atoms with Crippen molar-refractivity contribution in [3.8, 4) is 0 Å². The van der Waals surface area contributed by atoms with Gasteiger partial charge in [-0.25, -0.2) is 0 Å². The molecule has 5 saturated carbocycles. The van der Waals surface area contributed by atoms with Crippen LogP contribution in [0.4, 0.5) is 0 Å². The van der Waals surface area contributed by atoms with Crippen LogP contribution in [-0.2, 0) is 23.7 Å². The Morgan fingerprint density at radius 1 is 1.06 bits per heavy atom. The third-order valence-electron chi connectivity index (χ3n) is 11.4. The van der Waals surface area contributed by atoms with Gasteiger partial charge in [-0.1, -0.05) is 6.92 Å². The van der Waals surface area contributed by atoms with E-state index in [-0.39, 0.29) is 48.4 Å². The van der Waals surface area contributed by atoms with E-state index in [2.05, 4.69) is 11.8 Å². The maximum absolute atomic E-state index is 12.3. The molecule has 174 valence electrons. The SMILES string of the molecule is CCN1C[C@@H]2CC[C@H](OC)[C@]34[C@@H]2[C@H](O)[C@]2(OCO[C@@]25C[C@H](OC)[C@H]2C[C@@H]3[C@@H]5[C@H]2OC)[C@@H]14. The molecule has 3 spiro atoms. The van der Waals surface area contributed by atoms with E-state index >= 15 is 0 Å². The smallest absolute Gasteiger partial charge is 0.148 e. The van der Waals surface area contributed by atoms with Crippen molar-refractivity contribution in [3.05, 3.63) is 0 Å². The largest absolute Gasteiger partial charge is 0.390 e. The zero-order chi connectivity index (χ0) is 21.3. The van der Waals surface area contributed by atoms with Gasteiger partial charge in [-0.05, 0) is 37.6 Å². The van der Waals surface area contributed by atoms with Crippen LogP contribution in [-0.4, -0.2) is 92.9 Å². The molecule has 0 aromatic carbocycles. The first-order valence-corrected chi connectivity index (χ1v) is 12.3. The number of hydrogen-bond donors (Lipinski definition) is 1. The van der Waals surface area contributed by atoms with Gasteiger partial charge in [0.1, 0.15) is 18.0 Å². The molecule has 13 atom stereocenters. The molecule has 0 amide bonds. The van der Waals surface area contributed by atoms with Crippen LogP contribution < -0.4 is 0 Å². The Labute approximate surface area is 184 Å². The Hall–Kier alpha value is -0.280. The van der Waals surface area contributed by atoms with Gasteiger partial charge in [-0.2, -0.15) is 0 Å². The van der Waals surface area contributed by atoms with Crippen molar-refractivity contribution in [2.75, 3.05) is 41.2 Å². The molecule has 31 heavy (non-hydrogen) atoms. The van der Waals surface area contributed by atoms with Crippen molar-refractivity contribution in [1.29, 1.82) is 0 Å². The zero-order valence-electron chi connectivity index (χ0n) is 19.2. The Bertz CT molecular complexity index is 781. The Balaban J connectivity index is 1.54. The van der Waals surface area contributed by atoms with E-state index in [4.69, 9.17) is 23.7 Å². The summed E-state index contributed by atoms with van der Waals surface area (Å²) in [4.78, 5) is 2.63. The molecule has 0 aromatic heterocycles. The van der Waals surface area contributed by atoms with Crippen molar-refractivity contribution < 1.29 is 28.8 Å². The average molecular weight is 436 g/mol. The normalized spacial score (nSPS) is 63.4. The van der Waals surface area contributed by atoms with Crippen LogP contribution in [0.15, 0.2) is 0 Å². The number of rotatable bonds is 4. The fourth-order valence-electron chi connectivity index (χ4n) is 11.0. The number of piperidine rings is 1. The molecule has 0 unspecified atom stereocenters. The zero-order valence-corrected chi connectivity index (χ0v) is 19.2. The Morgan fingerprint density at radius 3 is 2.61 bits per heavy atom. The van der Waals surface area contributed by atoms with E-state index in [9.17, 15) is 5.11 Å². The molecule has 2 aliphatic heterocycles. The summed E-state index contributed by atoms with van der Waals surface area (Å²) >= 11 is 0. The third-order valence-corrected chi connectivity index (χ3v) is 11.4. The molecule has 7 nitrogen and oxygen atoms in total. The minimum absolute atomic E-state index is 0.0584. The third kappa shape index (κ3) is 1.80. The fourth-order valence-corrected chi connectivity index (χ4v) is 11.0. The predicted octanol–water partition coefficient (Wildman–Crippen LogP) is 1.27. The van der Waals surface area contributed by atoms with E-state index in [1.165, 1.54) is 0 Å². The van der Waals surface area contributed by atoms with E-state index in [1.54, 1.807) is 0 Å². The molecule has 7 aliphatic rings. The van der Waals surface area contributed by atoms with Gasteiger partial charge >= 0.3 is 0 Å². The van der Waals surface area contributed by atoms with Crippen LogP contribution >= 0.6 is 0 Å². The summed E-state index contributed by atoms with van der Waals surface area (Å²) in [5, 5.41) is 12.3. The minimum atomic E-state index is -0.742. The molecule has 0 aromatic rings. The van der Waals surface area contributed by atoms with E-state index in [0.29, 0.717) is 17.8 Å². The van der Waals surface area contributed by atoms with Gasteiger partial charge in [-0.15, -0.1) is 0 Å². The fraction of sp³-hybridized carbons (Fsp3) is 1.00. The van der Waals surface area contributed by atoms with Crippen molar-refractivity contribution in [2.45, 2.75) is 74.3 Å². The number of likely N-dealkylation sites (tertiary alicyclic amines) is 1. The number of ether oxygens (including phenoxy) is 5. The lowest BCUT2D eigenvalue weighted by Gasteiger charge is -2.68. The summed E-state index contributed by atoms with van der Waals surface area (Å²) in [6.07, 6.45) is 3.75. The number of hydrogen-bond acceptors (Lipinski definition) is 7. The average Bonchev–Trinajstić information content (AvgIpc) is 3.35. The lowest BCUT2D eigenvalue weighted by molar-refractivity contribution is -0.275. The van der Waals surface area contributed by atoms with Crippen LogP contribution in [0.1, 0.15) is 32.6 Å². The standard InChI is InChI=1S/C24H37NO6/c1-5-25-10-12-6-7-16(28-3)23-14-8-13-15(27-2)9-22(18(14)19(13)29-4)24(21(23)25,31-11-30-22)20(26)17(12)23/h12-21,26H,5-11H2,1-4H3/t12-,13+,14+,15-,16-,17-,18+,19-,20-,21-,22+,23-,24-/m0/s1. The quantitative estimate of drug-likeness (QED) is 0.713. The van der Waals surface area contributed by atoms with Crippen LogP contribution in [0, 0.1) is 35.0 Å². The summed E-state index contributed by atoms with van der Waals surface area (Å²) in [6.45, 7) is 4.51. The lowest BCUT2D eigenvalue weighted by atomic mass is 9.45. The summed E-state index contributed by atoms with van der Waals surface area (Å²) in [5.74, 6) is 1.63. The minimum Gasteiger partial charge on any atom is -0.390 e. The highest BCUT2D eigenvalue weighted by molar-refractivity contribution is 5.41. The molecule has 7 rings (SSSR count).